The lowest BCUT2D eigenvalue weighted by Gasteiger charge is -2.05. The molecule has 0 fully saturated rings. The number of hydrogen-bond acceptors (Lipinski definition) is 5. The lowest BCUT2D eigenvalue weighted by molar-refractivity contribution is 0.437. The van der Waals surface area contributed by atoms with Gasteiger partial charge < -0.3 is 15.2 Å². The molecule has 1 aromatic heterocycles. The smallest absolute Gasteiger partial charge is 0.242 e. The molecule has 5 nitrogen and oxygen atoms in total. The van der Waals surface area contributed by atoms with Crippen LogP contribution in [0.4, 0.5) is 11.7 Å². The zero-order chi connectivity index (χ0) is 8.43. The van der Waals surface area contributed by atoms with Gasteiger partial charge in [-0.3, -0.25) is 0 Å². The van der Waals surface area contributed by atoms with Crippen LogP contribution in [-0.4, -0.2) is 19.3 Å². The Balaban J connectivity index is 3.19. The van der Waals surface area contributed by atoms with Crippen molar-refractivity contribution in [3.05, 3.63) is 5.56 Å². The van der Waals surface area contributed by atoms with Crippen molar-refractivity contribution < 1.29 is 4.52 Å². The summed E-state index contributed by atoms with van der Waals surface area (Å²) >= 11 is 0. The number of anilines is 2. The van der Waals surface area contributed by atoms with Crippen LogP contribution in [0.15, 0.2) is 4.52 Å². The maximum atomic E-state index is 8.58. The molecule has 11 heavy (non-hydrogen) atoms. The molecule has 5 heteroatoms. The molecule has 1 heterocycles. The summed E-state index contributed by atoms with van der Waals surface area (Å²) in [6.45, 7) is 0. The quantitative estimate of drug-likeness (QED) is 0.621. The second-order valence-electron chi connectivity index (χ2n) is 2.25. The van der Waals surface area contributed by atoms with Gasteiger partial charge in [0.05, 0.1) is 0 Å². The Hall–Kier alpha value is -1.70. The predicted octanol–water partition coefficient (Wildman–Crippen LogP) is 0.194. The van der Waals surface area contributed by atoms with E-state index in [-0.39, 0.29) is 11.4 Å². The first-order valence-corrected chi connectivity index (χ1v) is 2.99. The summed E-state index contributed by atoms with van der Waals surface area (Å²) in [5, 5.41) is 12.2. The Bertz CT molecular complexity index is 296. The van der Waals surface area contributed by atoms with E-state index >= 15 is 0 Å². The standard InChI is InChI=1S/C6H8N4O/c1-10(2)6-4(3-7)5(8)11-9-6/h8H2,1-2H3. The monoisotopic (exact) mass is 152 g/mol. The molecule has 0 aromatic carbocycles. The third-order valence-electron chi connectivity index (χ3n) is 1.24. The fraction of sp³-hybridized carbons (Fsp3) is 0.333. The van der Waals surface area contributed by atoms with Crippen LogP contribution in [-0.2, 0) is 0 Å². The summed E-state index contributed by atoms with van der Waals surface area (Å²) in [5.74, 6) is 0.529. The van der Waals surface area contributed by atoms with Gasteiger partial charge in [0.1, 0.15) is 6.07 Å². The molecule has 0 aliphatic carbocycles. The molecular weight excluding hydrogens is 144 g/mol. The normalized spacial score (nSPS) is 9.18. The van der Waals surface area contributed by atoms with Crippen molar-refractivity contribution in [1.82, 2.24) is 5.16 Å². The largest absolute Gasteiger partial charge is 0.366 e. The van der Waals surface area contributed by atoms with E-state index in [2.05, 4.69) is 9.68 Å². The lowest BCUT2D eigenvalue weighted by atomic mass is 10.3. The third kappa shape index (κ3) is 1.10. The molecule has 0 spiro atoms. The molecule has 0 unspecified atom stereocenters. The molecule has 0 aliphatic rings. The molecule has 0 saturated heterocycles. The van der Waals surface area contributed by atoms with Gasteiger partial charge in [-0.2, -0.15) is 5.26 Å². The van der Waals surface area contributed by atoms with Gasteiger partial charge in [0.2, 0.25) is 5.88 Å². The maximum Gasteiger partial charge on any atom is 0.242 e. The minimum absolute atomic E-state index is 0.0659. The minimum Gasteiger partial charge on any atom is -0.366 e. The first kappa shape index (κ1) is 7.41. The van der Waals surface area contributed by atoms with Crippen molar-refractivity contribution in [3.8, 4) is 6.07 Å². The average Bonchev–Trinajstić information content (AvgIpc) is 2.30. The number of nitrogen functional groups attached to an aromatic ring is 1. The van der Waals surface area contributed by atoms with E-state index in [0.29, 0.717) is 5.82 Å². The number of hydrogen-bond donors (Lipinski definition) is 1. The van der Waals surface area contributed by atoms with Crippen LogP contribution < -0.4 is 10.6 Å². The Kier molecular flexibility index (Phi) is 1.68. The number of nitrogens with zero attached hydrogens (tertiary/aromatic N) is 3. The predicted molar refractivity (Wildman–Crippen MR) is 40.0 cm³/mol. The Labute approximate surface area is 64.0 Å². The molecule has 0 atom stereocenters. The fourth-order valence-corrected chi connectivity index (χ4v) is 0.704. The minimum atomic E-state index is 0.0659. The van der Waals surface area contributed by atoms with Crippen LogP contribution in [0.25, 0.3) is 0 Å². The first-order chi connectivity index (χ1) is 5.16. The van der Waals surface area contributed by atoms with Gasteiger partial charge in [0, 0.05) is 14.1 Å². The molecule has 0 aliphatic heterocycles. The molecule has 0 amide bonds. The SMILES string of the molecule is CN(C)c1noc(N)c1C#N. The number of nitrogens with two attached hydrogens (primary N) is 1. The van der Waals surface area contributed by atoms with Gasteiger partial charge in [-0.25, -0.2) is 0 Å². The van der Waals surface area contributed by atoms with E-state index < -0.39 is 0 Å². The molecule has 1 rings (SSSR count). The maximum absolute atomic E-state index is 8.58. The van der Waals surface area contributed by atoms with Gasteiger partial charge in [-0.05, 0) is 0 Å². The van der Waals surface area contributed by atoms with Gasteiger partial charge in [0.25, 0.3) is 0 Å². The van der Waals surface area contributed by atoms with Crippen LogP contribution in [0.2, 0.25) is 0 Å². The van der Waals surface area contributed by atoms with Gasteiger partial charge in [-0.15, -0.1) is 0 Å². The van der Waals surface area contributed by atoms with Gasteiger partial charge in [0.15, 0.2) is 11.4 Å². The van der Waals surface area contributed by atoms with E-state index in [1.54, 1.807) is 19.0 Å². The van der Waals surface area contributed by atoms with Gasteiger partial charge >= 0.3 is 0 Å². The topological polar surface area (TPSA) is 79.1 Å². The summed E-state index contributed by atoms with van der Waals surface area (Å²) in [5.41, 5.74) is 5.60. The highest BCUT2D eigenvalue weighted by molar-refractivity contribution is 5.61. The molecular formula is C6H8N4O. The van der Waals surface area contributed by atoms with Crippen LogP contribution in [0.1, 0.15) is 5.56 Å². The van der Waals surface area contributed by atoms with Crippen LogP contribution in [0, 0.1) is 11.3 Å². The lowest BCUT2D eigenvalue weighted by Crippen LogP contribution is -2.10. The van der Waals surface area contributed by atoms with Crippen molar-refractivity contribution in [1.29, 1.82) is 5.26 Å². The van der Waals surface area contributed by atoms with Crippen LogP contribution >= 0.6 is 0 Å². The van der Waals surface area contributed by atoms with Crippen molar-refractivity contribution in [2.24, 2.45) is 0 Å². The highest BCUT2D eigenvalue weighted by atomic mass is 16.5. The van der Waals surface area contributed by atoms with E-state index in [1.807, 2.05) is 6.07 Å². The van der Waals surface area contributed by atoms with Crippen molar-refractivity contribution in [2.45, 2.75) is 0 Å². The Morgan fingerprint density at radius 2 is 2.27 bits per heavy atom. The second-order valence-corrected chi connectivity index (χ2v) is 2.25. The van der Waals surface area contributed by atoms with Crippen LogP contribution in [0.3, 0.4) is 0 Å². The summed E-state index contributed by atoms with van der Waals surface area (Å²) in [6, 6.07) is 1.90. The van der Waals surface area contributed by atoms with Crippen LogP contribution in [0.5, 0.6) is 0 Å². The summed E-state index contributed by atoms with van der Waals surface area (Å²) in [4.78, 5) is 1.67. The molecule has 0 saturated carbocycles. The molecule has 58 valence electrons. The summed E-state index contributed by atoms with van der Waals surface area (Å²) in [6.07, 6.45) is 0. The highest BCUT2D eigenvalue weighted by Gasteiger charge is 2.13. The van der Waals surface area contributed by atoms with E-state index in [9.17, 15) is 0 Å². The zero-order valence-corrected chi connectivity index (χ0v) is 6.33. The van der Waals surface area contributed by atoms with Gasteiger partial charge in [-0.1, -0.05) is 5.16 Å². The number of aromatic nitrogens is 1. The van der Waals surface area contributed by atoms with Crippen molar-refractivity contribution >= 4 is 11.7 Å². The number of rotatable bonds is 1. The summed E-state index contributed by atoms with van der Waals surface area (Å²) in [7, 11) is 3.52. The van der Waals surface area contributed by atoms with E-state index in [1.165, 1.54) is 0 Å². The van der Waals surface area contributed by atoms with E-state index in [0.717, 1.165) is 0 Å². The van der Waals surface area contributed by atoms with E-state index in [4.69, 9.17) is 11.0 Å². The van der Waals surface area contributed by atoms with Crippen molar-refractivity contribution in [2.75, 3.05) is 24.7 Å². The Morgan fingerprint density at radius 3 is 2.64 bits per heavy atom. The van der Waals surface area contributed by atoms with Crippen molar-refractivity contribution in [3.63, 3.8) is 0 Å². The second kappa shape index (κ2) is 2.50. The average molecular weight is 152 g/mol. The summed E-state index contributed by atoms with van der Waals surface area (Å²) < 4.78 is 4.61. The Morgan fingerprint density at radius 1 is 1.64 bits per heavy atom. The fourth-order valence-electron chi connectivity index (χ4n) is 0.704. The molecule has 0 radical (unpaired) electrons. The molecule has 1 aromatic rings. The molecule has 2 N–H and O–H groups in total. The first-order valence-electron chi connectivity index (χ1n) is 2.99. The number of nitriles is 1. The highest BCUT2D eigenvalue weighted by Crippen LogP contribution is 2.21. The molecule has 0 bridgehead atoms. The third-order valence-corrected chi connectivity index (χ3v) is 1.24. The zero-order valence-electron chi connectivity index (χ0n) is 6.33.